The third-order valence-electron chi connectivity index (χ3n) is 5.74. The first kappa shape index (κ1) is 19.7. The van der Waals surface area contributed by atoms with Gasteiger partial charge in [0.05, 0.1) is 21.8 Å². The van der Waals surface area contributed by atoms with E-state index >= 15 is 0 Å². The molecule has 1 atom stereocenters. The number of pyridine rings is 2. The van der Waals surface area contributed by atoms with Crippen molar-refractivity contribution in [3.05, 3.63) is 86.6 Å². The maximum Gasteiger partial charge on any atom is 0.339 e. The average molecular weight is 434 g/mol. The molecule has 156 valence electrons. The lowest BCUT2D eigenvalue weighted by Crippen LogP contribution is -2.20. The molecule has 6 nitrogen and oxygen atoms in total. The molecular weight excluding hydrogens is 414 g/mol. The number of esters is 1. The molecule has 0 N–H and O–H groups in total. The van der Waals surface area contributed by atoms with Crippen LogP contribution in [0.4, 0.5) is 0 Å². The summed E-state index contributed by atoms with van der Waals surface area (Å²) in [6.07, 6.45) is 4.22. The number of hydrogen-bond acceptors (Lipinski definition) is 5. The number of aromatic nitrogens is 3. The van der Waals surface area contributed by atoms with Gasteiger partial charge in [-0.3, -0.25) is 14.2 Å². The summed E-state index contributed by atoms with van der Waals surface area (Å²) in [5.74, 6) is 0.0677. The Morgan fingerprint density at radius 2 is 2.06 bits per heavy atom. The highest BCUT2D eigenvalue weighted by molar-refractivity contribution is 6.30. The van der Waals surface area contributed by atoms with Gasteiger partial charge >= 0.3 is 5.97 Å². The highest BCUT2D eigenvalue weighted by atomic mass is 35.5. The van der Waals surface area contributed by atoms with Crippen LogP contribution >= 0.6 is 11.6 Å². The first-order valence-electron chi connectivity index (χ1n) is 10.2. The number of fused-ring (bicyclic) bond motifs is 3. The predicted molar refractivity (Wildman–Crippen MR) is 119 cm³/mol. The van der Waals surface area contributed by atoms with Gasteiger partial charge in [-0.15, -0.1) is 0 Å². The smallest absolute Gasteiger partial charge is 0.339 e. The van der Waals surface area contributed by atoms with Gasteiger partial charge in [-0.2, -0.15) is 0 Å². The number of nitrogens with zero attached hydrogens (tertiary/aromatic N) is 3. The van der Waals surface area contributed by atoms with E-state index in [0.717, 1.165) is 41.4 Å². The first-order chi connectivity index (χ1) is 15.0. The monoisotopic (exact) mass is 433 g/mol. The fraction of sp³-hybridized carbons (Fsp3) is 0.250. The number of para-hydroxylation sites is 1. The Kier molecular flexibility index (Phi) is 4.94. The zero-order valence-electron chi connectivity index (χ0n) is 17.0. The van der Waals surface area contributed by atoms with Crippen molar-refractivity contribution in [1.82, 2.24) is 14.4 Å². The number of rotatable bonds is 3. The van der Waals surface area contributed by atoms with Gasteiger partial charge in [0.15, 0.2) is 0 Å². The maximum absolute atomic E-state index is 13.2. The van der Waals surface area contributed by atoms with Crippen LogP contribution in [-0.2, 0) is 24.2 Å². The van der Waals surface area contributed by atoms with Crippen LogP contribution in [0.5, 0.6) is 0 Å². The standard InChI is InChI=1S/C24H20ClN3O3/c1-14-6-8-20-18(10-14)23(17-4-2-3-5-19(17)27-20)24(30)31-13-16-11-22(29)28-12-15(25)7-9-21(28)26-16/h2-5,7,9,11-12,14H,6,8,10,13H2,1H3. The Balaban J connectivity index is 1.50. The van der Waals surface area contributed by atoms with Gasteiger partial charge < -0.3 is 4.74 Å². The average Bonchev–Trinajstić information content (AvgIpc) is 2.76. The molecule has 31 heavy (non-hydrogen) atoms. The predicted octanol–water partition coefficient (Wildman–Crippen LogP) is 4.38. The van der Waals surface area contributed by atoms with Crippen molar-refractivity contribution in [2.24, 2.45) is 5.92 Å². The molecule has 1 aliphatic rings. The Morgan fingerprint density at radius 1 is 1.23 bits per heavy atom. The summed E-state index contributed by atoms with van der Waals surface area (Å²) in [6.45, 7) is 2.10. The minimum Gasteiger partial charge on any atom is -0.456 e. The number of aryl methyl sites for hydroxylation is 1. The number of carbonyl (C=O) groups excluding carboxylic acids is 1. The number of benzene rings is 1. The summed E-state index contributed by atoms with van der Waals surface area (Å²) in [7, 11) is 0. The lowest BCUT2D eigenvalue weighted by molar-refractivity contribution is 0.0468. The molecule has 0 spiro atoms. The molecule has 1 aliphatic carbocycles. The summed E-state index contributed by atoms with van der Waals surface area (Å²) in [6, 6.07) is 12.3. The van der Waals surface area contributed by atoms with Crippen molar-refractivity contribution in [2.75, 3.05) is 0 Å². The van der Waals surface area contributed by atoms with E-state index in [1.165, 1.54) is 16.7 Å². The highest BCUT2D eigenvalue weighted by Crippen LogP contribution is 2.32. The zero-order chi connectivity index (χ0) is 21.5. The van der Waals surface area contributed by atoms with Crippen LogP contribution in [-0.4, -0.2) is 20.3 Å². The zero-order valence-corrected chi connectivity index (χ0v) is 17.7. The molecule has 0 fully saturated rings. The molecule has 0 saturated carbocycles. The summed E-state index contributed by atoms with van der Waals surface area (Å²) in [5.41, 5.74) is 3.88. The second kappa shape index (κ2) is 7.78. The summed E-state index contributed by atoms with van der Waals surface area (Å²) >= 11 is 5.95. The number of carbonyl (C=O) groups is 1. The van der Waals surface area contributed by atoms with Crippen molar-refractivity contribution in [3.63, 3.8) is 0 Å². The molecule has 0 saturated heterocycles. The second-order valence-corrected chi connectivity index (χ2v) is 8.45. The van der Waals surface area contributed by atoms with Crippen molar-refractivity contribution in [1.29, 1.82) is 0 Å². The van der Waals surface area contributed by atoms with E-state index in [1.807, 2.05) is 24.3 Å². The van der Waals surface area contributed by atoms with Crippen LogP contribution < -0.4 is 5.56 Å². The minimum absolute atomic E-state index is 0.0891. The quantitative estimate of drug-likeness (QED) is 0.448. The molecule has 0 aliphatic heterocycles. The molecule has 0 bridgehead atoms. The van der Waals surface area contributed by atoms with Crippen LogP contribution in [0, 0.1) is 5.92 Å². The Hall–Kier alpha value is -3.25. The van der Waals surface area contributed by atoms with Crippen LogP contribution in [0.2, 0.25) is 5.02 Å². The molecule has 1 aromatic carbocycles. The molecule has 5 rings (SSSR count). The van der Waals surface area contributed by atoms with Crippen LogP contribution in [0.15, 0.2) is 53.5 Å². The molecular formula is C24H20ClN3O3. The molecule has 1 unspecified atom stereocenters. The van der Waals surface area contributed by atoms with E-state index in [-0.39, 0.29) is 12.2 Å². The van der Waals surface area contributed by atoms with Gasteiger partial charge in [-0.25, -0.2) is 9.78 Å². The number of halogens is 1. The Labute approximate surface area is 183 Å². The van der Waals surface area contributed by atoms with E-state index in [2.05, 4.69) is 11.9 Å². The largest absolute Gasteiger partial charge is 0.456 e. The van der Waals surface area contributed by atoms with Gasteiger partial charge in [0.25, 0.3) is 5.56 Å². The Bertz CT molecular complexity index is 1400. The van der Waals surface area contributed by atoms with Crippen molar-refractivity contribution in [2.45, 2.75) is 32.8 Å². The lowest BCUT2D eigenvalue weighted by Gasteiger charge is -2.24. The summed E-state index contributed by atoms with van der Waals surface area (Å²) in [5, 5.41) is 1.24. The molecule has 4 aromatic rings. The van der Waals surface area contributed by atoms with E-state index in [9.17, 15) is 9.59 Å². The van der Waals surface area contributed by atoms with Gasteiger partial charge in [0, 0.05) is 23.3 Å². The van der Waals surface area contributed by atoms with Crippen LogP contribution in [0.1, 0.15) is 40.7 Å². The normalized spacial score (nSPS) is 15.7. The lowest BCUT2D eigenvalue weighted by atomic mass is 9.84. The van der Waals surface area contributed by atoms with Crippen LogP contribution in [0.3, 0.4) is 0 Å². The molecule has 7 heteroatoms. The highest BCUT2D eigenvalue weighted by Gasteiger charge is 2.26. The van der Waals surface area contributed by atoms with E-state index in [4.69, 9.17) is 21.3 Å². The van der Waals surface area contributed by atoms with Gasteiger partial charge in [-0.1, -0.05) is 36.7 Å². The maximum atomic E-state index is 13.2. The number of ether oxygens (including phenoxy) is 1. The minimum atomic E-state index is -0.415. The third kappa shape index (κ3) is 3.68. The van der Waals surface area contributed by atoms with E-state index in [1.54, 1.807) is 12.1 Å². The fourth-order valence-corrected chi connectivity index (χ4v) is 4.37. The van der Waals surface area contributed by atoms with Crippen molar-refractivity contribution >= 4 is 34.1 Å². The van der Waals surface area contributed by atoms with Gasteiger partial charge in [0.2, 0.25) is 0 Å². The number of hydrogen-bond donors (Lipinski definition) is 0. The van der Waals surface area contributed by atoms with Crippen LogP contribution in [0.25, 0.3) is 16.6 Å². The third-order valence-corrected chi connectivity index (χ3v) is 5.96. The SMILES string of the molecule is CC1CCc2nc3ccccc3c(C(=O)OCc3cc(=O)n4cc(Cl)ccc4n3)c2C1. The first-order valence-corrected chi connectivity index (χ1v) is 10.6. The molecule has 0 radical (unpaired) electrons. The van der Waals surface area contributed by atoms with Gasteiger partial charge in [-0.05, 0) is 48.9 Å². The van der Waals surface area contributed by atoms with Crippen molar-refractivity contribution < 1.29 is 9.53 Å². The van der Waals surface area contributed by atoms with E-state index < -0.39 is 5.97 Å². The summed E-state index contributed by atoms with van der Waals surface area (Å²) in [4.78, 5) is 34.8. The topological polar surface area (TPSA) is 73.6 Å². The Morgan fingerprint density at radius 3 is 2.94 bits per heavy atom. The molecule has 0 amide bonds. The summed E-state index contributed by atoms with van der Waals surface area (Å²) < 4.78 is 7.01. The molecule has 3 heterocycles. The van der Waals surface area contributed by atoms with Gasteiger partial charge in [0.1, 0.15) is 12.3 Å². The fourth-order valence-electron chi connectivity index (χ4n) is 4.21. The van der Waals surface area contributed by atoms with E-state index in [0.29, 0.717) is 27.8 Å². The van der Waals surface area contributed by atoms with Crippen molar-refractivity contribution in [3.8, 4) is 0 Å². The second-order valence-electron chi connectivity index (χ2n) is 8.01. The molecule has 3 aromatic heterocycles.